The van der Waals surface area contributed by atoms with Crippen LogP contribution >= 0.6 is 15.9 Å². The van der Waals surface area contributed by atoms with Crippen LogP contribution in [0.5, 0.6) is 0 Å². The molecule has 86 valence electrons. The maximum absolute atomic E-state index is 11.0. The molecule has 0 spiro atoms. The average Bonchev–Trinajstić information content (AvgIpc) is 2.17. The van der Waals surface area contributed by atoms with Crippen LogP contribution in [0.15, 0.2) is 22.7 Å². The van der Waals surface area contributed by atoms with E-state index in [9.17, 15) is 14.9 Å². The summed E-state index contributed by atoms with van der Waals surface area (Å²) in [6.07, 6.45) is 0. The fourth-order valence-electron chi connectivity index (χ4n) is 1.16. The van der Waals surface area contributed by atoms with Crippen molar-refractivity contribution < 1.29 is 14.8 Å². The van der Waals surface area contributed by atoms with E-state index in [0.29, 0.717) is 10.0 Å². The first kappa shape index (κ1) is 12.6. The highest BCUT2D eigenvalue weighted by Crippen LogP contribution is 2.31. The zero-order chi connectivity index (χ0) is 12.5. The number of nitrogens with zero attached hydrogens (tertiary/aromatic N) is 1. The number of nitro benzene ring substituents is 1. The third-order valence-corrected chi connectivity index (χ3v) is 3.07. The van der Waals surface area contributed by atoms with Gasteiger partial charge in [0.05, 0.1) is 14.8 Å². The molecule has 0 radical (unpaired) electrons. The van der Waals surface area contributed by atoms with Gasteiger partial charge in [0, 0.05) is 6.07 Å². The molecular weight excluding hydrogens is 278 g/mol. The molecule has 16 heavy (non-hydrogen) atoms. The van der Waals surface area contributed by atoms with Crippen LogP contribution in [0.3, 0.4) is 0 Å². The van der Waals surface area contributed by atoms with Crippen molar-refractivity contribution in [3.05, 3.63) is 38.3 Å². The van der Waals surface area contributed by atoms with Gasteiger partial charge in [-0.2, -0.15) is 0 Å². The first-order valence-corrected chi connectivity index (χ1v) is 5.24. The smallest absolute Gasteiger partial charge is 0.313 e. The average molecular weight is 288 g/mol. The van der Waals surface area contributed by atoms with Gasteiger partial charge < -0.3 is 5.11 Å². The number of carboxylic acid groups (broad SMARTS) is 1. The highest BCUT2D eigenvalue weighted by atomic mass is 79.9. The Bertz CT molecular complexity index is 456. The van der Waals surface area contributed by atoms with Crippen molar-refractivity contribution in [2.24, 2.45) is 0 Å². The van der Waals surface area contributed by atoms with Crippen molar-refractivity contribution in [2.45, 2.75) is 19.3 Å². The number of nitro groups is 1. The van der Waals surface area contributed by atoms with Gasteiger partial charge in [0.2, 0.25) is 0 Å². The van der Waals surface area contributed by atoms with Gasteiger partial charge in [0.15, 0.2) is 0 Å². The van der Waals surface area contributed by atoms with Crippen LogP contribution in [0.2, 0.25) is 0 Å². The van der Waals surface area contributed by atoms with Crippen LogP contribution in [-0.2, 0) is 10.2 Å². The molecule has 0 aromatic heterocycles. The van der Waals surface area contributed by atoms with E-state index >= 15 is 0 Å². The molecule has 0 fully saturated rings. The zero-order valence-corrected chi connectivity index (χ0v) is 10.3. The van der Waals surface area contributed by atoms with Gasteiger partial charge in [-0.25, -0.2) is 0 Å². The number of carboxylic acids is 1. The van der Waals surface area contributed by atoms with Crippen molar-refractivity contribution >= 4 is 27.6 Å². The zero-order valence-electron chi connectivity index (χ0n) is 8.73. The van der Waals surface area contributed by atoms with Gasteiger partial charge >= 0.3 is 5.97 Å². The third kappa shape index (κ3) is 2.21. The van der Waals surface area contributed by atoms with Gasteiger partial charge in [0.25, 0.3) is 5.69 Å². The van der Waals surface area contributed by atoms with Crippen LogP contribution < -0.4 is 0 Å². The molecule has 1 aromatic rings. The van der Waals surface area contributed by atoms with E-state index in [1.165, 1.54) is 26.0 Å². The fourth-order valence-corrected chi connectivity index (χ4v) is 1.56. The highest BCUT2D eigenvalue weighted by Gasteiger charge is 2.31. The molecule has 0 atom stereocenters. The Balaban J connectivity index is 3.33. The summed E-state index contributed by atoms with van der Waals surface area (Å²) < 4.78 is 0.336. The van der Waals surface area contributed by atoms with Crippen LogP contribution in [0.25, 0.3) is 0 Å². The molecule has 6 heteroatoms. The molecule has 5 nitrogen and oxygen atoms in total. The van der Waals surface area contributed by atoms with Crippen molar-refractivity contribution in [1.82, 2.24) is 0 Å². The summed E-state index contributed by atoms with van der Waals surface area (Å²) >= 11 is 3.05. The lowest BCUT2D eigenvalue weighted by Crippen LogP contribution is -2.28. The minimum Gasteiger partial charge on any atom is -0.481 e. The topological polar surface area (TPSA) is 80.4 Å². The predicted octanol–water partition coefficient (Wildman–Crippen LogP) is 2.72. The number of carbonyl (C=O) groups is 1. The first-order valence-electron chi connectivity index (χ1n) is 4.44. The molecule has 0 saturated carbocycles. The van der Waals surface area contributed by atoms with Gasteiger partial charge in [-0.3, -0.25) is 14.9 Å². The molecule has 0 amide bonds. The van der Waals surface area contributed by atoms with Crippen molar-refractivity contribution in [2.75, 3.05) is 0 Å². The summed E-state index contributed by atoms with van der Waals surface area (Å²) in [5.41, 5.74) is -0.882. The summed E-state index contributed by atoms with van der Waals surface area (Å²) in [5, 5.41) is 19.7. The van der Waals surface area contributed by atoms with E-state index in [2.05, 4.69) is 15.9 Å². The Morgan fingerprint density at radius 2 is 2.06 bits per heavy atom. The highest BCUT2D eigenvalue weighted by molar-refractivity contribution is 9.10. The van der Waals surface area contributed by atoms with Gasteiger partial charge in [-0.05, 0) is 41.4 Å². The molecular formula is C10H10BrNO4. The van der Waals surface area contributed by atoms with Gasteiger partial charge in [-0.1, -0.05) is 6.07 Å². The second-order valence-electron chi connectivity index (χ2n) is 3.85. The molecule has 0 unspecified atom stereocenters. The summed E-state index contributed by atoms with van der Waals surface area (Å²) in [6, 6.07) is 4.32. The number of aliphatic carboxylic acids is 1. The number of rotatable bonds is 3. The Morgan fingerprint density at radius 1 is 1.50 bits per heavy atom. The molecule has 0 aliphatic carbocycles. The SMILES string of the molecule is CC(C)(C(=O)O)c1ccc(Br)c([N+](=O)[O-])c1. The molecule has 0 saturated heterocycles. The molecule has 0 bridgehead atoms. The molecule has 0 aliphatic heterocycles. The second kappa shape index (κ2) is 4.21. The number of hydrogen-bond acceptors (Lipinski definition) is 3. The molecule has 1 N–H and O–H groups in total. The maximum Gasteiger partial charge on any atom is 0.313 e. The van der Waals surface area contributed by atoms with Crippen LogP contribution in [0.1, 0.15) is 19.4 Å². The van der Waals surface area contributed by atoms with E-state index in [1.807, 2.05) is 0 Å². The third-order valence-electron chi connectivity index (χ3n) is 2.40. The number of benzene rings is 1. The Morgan fingerprint density at radius 3 is 2.50 bits per heavy atom. The van der Waals surface area contributed by atoms with Crippen molar-refractivity contribution in [3.8, 4) is 0 Å². The quantitative estimate of drug-likeness (QED) is 0.685. The summed E-state index contributed by atoms with van der Waals surface area (Å²) in [4.78, 5) is 21.2. The van der Waals surface area contributed by atoms with E-state index in [-0.39, 0.29) is 5.69 Å². The largest absolute Gasteiger partial charge is 0.481 e. The Kier molecular flexibility index (Phi) is 3.32. The summed E-state index contributed by atoms with van der Waals surface area (Å²) in [6.45, 7) is 3.00. The number of hydrogen-bond donors (Lipinski definition) is 1. The monoisotopic (exact) mass is 287 g/mol. The van der Waals surface area contributed by atoms with Gasteiger partial charge in [0.1, 0.15) is 0 Å². The number of halogens is 1. The van der Waals surface area contributed by atoms with Crippen LogP contribution in [-0.4, -0.2) is 16.0 Å². The molecule has 1 aromatic carbocycles. The standard InChI is InChI=1S/C10H10BrNO4/c1-10(2,9(13)14)6-3-4-7(11)8(5-6)12(15)16/h3-5H,1-2H3,(H,13,14). The van der Waals surface area contributed by atoms with Crippen LogP contribution in [0, 0.1) is 10.1 Å². The molecule has 0 heterocycles. The van der Waals surface area contributed by atoms with Crippen molar-refractivity contribution in [3.63, 3.8) is 0 Å². The van der Waals surface area contributed by atoms with E-state index < -0.39 is 16.3 Å². The van der Waals surface area contributed by atoms with Crippen LogP contribution in [0.4, 0.5) is 5.69 Å². The minimum absolute atomic E-state index is 0.133. The van der Waals surface area contributed by atoms with E-state index in [0.717, 1.165) is 0 Å². The van der Waals surface area contributed by atoms with Crippen molar-refractivity contribution in [1.29, 1.82) is 0 Å². The van der Waals surface area contributed by atoms with E-state index in [1.54, 1.807) is 6.07 Å². The predicted molar refractivity (Wildman–Crippen MR) is 61.5 cm³/mol. The second-order valence-corrected chi connectivity index (χ2v) is 4.71. The molecule has 1 rings (SSSR count). The Labute approximate surface area is 100 Å². The minimum atomic E-state index is -1.15. The lowest BCUT2D eigenvalue weighted by atomic mass is 9.85. The first-order chi connectivity index (χ1) is 7.26. The molecule has 0 aliphatic rings. The van der Waals surface area contributed by atoms with E-state index in [4.69, 9.17) is 5.11 Å². The lowest BCUT2D eigenvalue weighted by Gasteiger charge is -2.19. The lowest BCUT2D eigenvalue weighted by molar-refractivity contribution is -0.385. The fraction of sp³-hybridized carbons (Fsp3) is 0.300. The summed E-state index contributed by atoms with van der Waals surface area (Å²) in [7, 11) is 0. The summed E-state index contributed by atoms with van der Waals surface area (Å²) in [5.74, 6) is -1.02. The Hall–Kier alpha value is -1.43. The normalized spacial score (nSPS) is 11.2. The maximum atomic E-state index is 11.0. The van der Waals surface area contributed by atoms with Gasteiger partial charge in [-0.15, -0.1) is 0 Å².